The van der Waals surface area contributed by atoms with Crippen LogP contribution in [-0.2, 0) is 4.74 Å². The fraction of sp³-hybridized carbons (Fsp3) is 0.688. The van der Waals surface area contributed by atoms with Crippen LogP contribution in [0.4, 0.5) is 4.79 Å². The van der Waals surface area contributed by atoms with Gasteiger partial charge in [0, 0.05) is 17.8 Å². The van der Waals surface area contributed by atoms with E-state index in [2.05, 4.69) is 15.3 Å². The van der Waals surface area contributed by atoms with Crippen LogP contribution in [0.5, 0.6) is 5.88 Å². The number of alkyl carbamates (subject to hydrolysis) is 1. The van der Waals surface area contributed by atoms with Crippen LogP contribution in [0.15, 0.2) is 12.4 Å². The van der Waals surface area contributed by atoms with Crippen molar-refractivity contribution in [3.8, 4) is 5.88 Å². The van der Waals surface area contributed by atoms with Crippen LogP contribution in [0.25, 0.3) is 0 Å². The Morgan fingerprint density at radius 2 is 1.91 bits per heavy atom. The van der Waals surface area contributed by atoms with E-state index in [-0.39, 0.29) is 18.2 Å². The van der Waals surface area contributed by atoms with Crippen molar-refractivity contribution in [2.75, 3.05) is 0 Å². The Balaban J connectivity index is 1.75. The van der Waals surface area contributed by atoms with E-state index < -0.39 is 5.60 Å². The molecular weight excluding hydrogens is 282 g/mol. The number of nitrogens with one attached hydrogen (secondary N) is 1. The van der Waals surface area contributed by atoms with E-state index in [4.69, 9.17) is 9.47 Å². The summed E-state index contributed by atoms with van der Waals surface area (Å²) in [6, 6.07) is 1.99. The van der Waals surface area contributed by atoms with Crippen molar-refractivity contribution < 1.29 is 14.3 Å². The number of aromatic nitrogens is 2. The molecule has 1 N–H and O–H groups in total. The van der Waals surface area contributed by atoms with Gasteiger partial charge in [0.1, 0.15) is 18.0 Å². The van der Waals surface area contributed by atoms with Crippen molar-refractivity contribution in [1.29, 1.82) is 0 Å². The van der Waals surface area contributed by atoms with Gasteiger partial charge in [-0.3, -0.25) is 0 Å². The first kappa shape index (κ1) is 16.5. The highest BCUT2D eigenvalue weighted by Gasteiger charge is 2.25. The highest BCUT2D eigenvalue weighted by molar-refractivity contribution is 5.68. The number of carbonyl (C=O) groups is 1. The quantitative estimate of drug-likeness (QED) is 0.929. The van der Waals surface area contributed by atoms with Crippen molar-refractivity contribution in [2.45, 2.75) is 71.1 Å². The number of hydrogen-bond donors (Lipinski definition) is 1. The molecule has 0 atom stereocenters. The molecule has 1 amide bonds. The van der Waals surface area contributed by atoms with E-state index in [0.717, 1.165) is 31.4 Å². The molecule has 6 heteroatoms. The maximum atomic E-state index is 11.8. The van der Waals surface area contributed by atoms with Crippen molar-refractivity contribution >= 4 is 6.09 Å². The third kappa shape index (κ3) is 5.50. The summed E-state index contributed by atoms with van der Waals surface area (Å²) in [5, 5.41) is 2.93. The predicted octanol–water partition coefficient (Wildman–Crippen LogP) is 3.00. The number of rotatable bonds is 3. The number of ether oxygens (including phenoxy) is 2. The molecule has 0 bridgehead atoms. The van der Waals surface area contributed by atoms with Crippen LogP contribution in [-0.4, -0.2) is 33.8 Å². The summed E-state index contributed by atoms with van der Waals surface area (Å²) in [4.78, 5) is 19.9. The maximum absolute atomic E-state index is 11.8. The first-order chi connectivity index (χ1) is 10.3. The van der Waals surface area contributed by atoms with Gasteiger partial charge in [-0.05, 0) is 53.4 Å². The lowest BCUT2D eigenvalue weighted by Gasteiger charge is -2.30. The van der Waals surface area contributed by atoms with Crippen molar-refractivity contribution in [3.05, 3.63) is 18.1 Å². The molecule has 6 nitrogen and oxygen atoms in total. The summed E-state index contributed by atoms with van der Waals surface area (Å²) < 4.78 is 11.2. The van der Waals surface area contributed by atoms with E-state index in [1.54, 1.807) is 0 Å². The van der Waals surface area contributed by atoms with Gasteiger partial charge in [-0.25, -0.2) is 14.8 Å². The molecule has 1 aliphatic rings. The van der Waals surface area contributed by atoms with Crippen LogP contribution in [0.3, 0.4) is 0 Å². The molecule has 1 fully saturated rings. The molecule has 1 aromatic rings. The zero-order chi connectivity index (χ0) is 16.2. The highest BCUT2D eigenvalue weighted by Crippen LogP contribution is 2.23. The standard InChI is InChI=1S/C16H25N3O3/c1-11-9-14(18-10-17-11)21-13-7-5-12(6-8-13)19-15(20)22-16(2,3)4/h9-10,12-13H,5-8H2,1-4H3,(H,19,20). The molecule has 1 saturated carbocycles. The second-order valence-electron chi connectivity index (χ2n) is 6.74. The molecular formula is C16H25N3O3. The Morgan fingerprint density at radius 1 is 1.23 bits per heavy atom. The third-order valence-electron chi connectivity index (χ3n) is 3.46. The summed E-state index contributed by atoms with van der Waals surface area (Å²) in [6.45, 7) is 7.50. The molecule has 0 aliphatic heterocycles. The van der Waals surface area contributed by atoms with Crippen LogP contribution < -0.4 is 10.1 Å². The smallest absolute Gasteiger partial charge is 0.407 e. The molecule has 1 aliphatic carbocycles. The van der Waals surface area contributed by atoms with Gasteiger partial charge in [-0.2, -0.15) is 0 Å². The van der Waals surface area contributed by atoms with E-state index >= 15 is 0 Å². The topological polar surface area (TPSA) is 73.3 Å². The normalized spacial score (nSPS) is 22.0. The first-order valence-corrected chi connectivity index (χ1v) is 7.76. The number of aryl methyl sites for hydroxylation is 1. The lowest BCUT2D eigenvalue weighted by molar-refractivity contribution is 0.0469. The minimum atomic E-state index is -0.463. The monoisotopic (exact) mass is 307 g/mol. The molecule has 0 saturated heterocycles. The fourth-order valence-electron chi connectivity index (χ4n) is 2.46. The average molecular weight is 307 g/mol. The van der Waals surface area contributed by atoms with Crippen LogP contribution in [0, 0.1) is 6.92 Å². The number of carbonyl (C=O) groups excluding carboxylic acids is 1. The lowest BCUT2D eigenvalue weighted by atomic mass is 9.93. The van der Waals surface area contributed by atoms with Crippen LogP contribution in [0.2, 0.25) is 0 Å². The zero-order valence-electron chi connectivity index (χ0n) is 13.8. The Morgan fingerprint density at radius 3 is 2.50 bits per heavy atom. The van der Waals surface area contributed by atoms with E-state index in [9.17, 15) is 4.79 Å². The Bertz CT molecular complexity index is 506. The maximum Gasteiger partial charge on any atom is 0.407 e. The second-order valence-corrected chi connectivity index (χ2v) is 6.74. The first-order valence-electron chi connectivity index (χ1n) is 7.76. The van der Waals surface area contributed by atoms with Gasteiger partial charge in [0.05, 0.1) is 0 Å². The number of nitrogens with zero attached hydrogens (tertiary/aromatic N) is 2. The minimum Gasteiger partial charge on any atom is -0.474 e. The van der Waals surface area contributed by atoms with Gasteiger partial charge < -0.3 is 14.8 Å². The lowest BCUT2D eigenvalue weighted by Crippen LogP contribution is -2.42. The molecule has 0 unspecified atom stereocenters. The number of amides is 1. The molecule has 1 aromatic heterocycles. The largest absolute Gasteiger partial charge is 0.474 e. The van der Waals surface area contributed by atoms with Crippen LogP contribution >= 0.6 is 0 Å². The van der Waals surface area contributed by atoms with E-state index in [0.29, 0.717) is 5.88 Å². The summed E-state index contributed by atoms with van der Waals surface area (Å²) in [5.74, 6) is 0.621. The van der Waals surface area contributed by atoms with Gasteiger partial charge in [-0.1, -0.05) is 0 Å². The molecule has 0 aromatic carbocycles. The van der Waals surface area contributed by atoms with Gasteiger partial charge in [-0.15, -0.1) is 0 Å². The summed E-state index contributed by atoms with van der Waals surface area (Å²) >= 11 is 0. The fourth-order valence-corrected chi connectivity index (χ4v) is 2.46. The van der Waals surface area contributed by atoms with Crippen LogP contribution in [0.1, 0.15) is 52.1 Å². The molecule has 22 heavy (non-hydrogen) atoms. The summed E-state index contributed by atoms with van der Waals surface area (Å²) in [6.07, 6.45) is 4.87. The van der Waals surface area contributed by atoms with E-state index in [1.807, 2.05) is 33.8 Å². The zero-order valence-corrected chi connectivity index (χ0v) is 13.8. The molecule has 0 spiro atoms. The van der Waals surface area contributed by atoms with Gasteiger partial charge in [0.2, 0.25) is 5.88 Å². The van der Waals surface area contributed by atoms with Crippen molar-refractivity contribution in [1.82, 2.24) is 15.3 Å². The third-order valence-corrected chi connectivity index (χ3v) is 3.46. The predicted molar refractivity (Wildman–Crippen MR) is 82.8 cm³/mol. The average Bonchev–Trinajstić information content (AvgIpc) is 2.39. The SMILES string of the molecule is Cc1cc(OC2CCC(NC(=O)OC(C)(C)C)CC2)ncn1. The Hall–Kier alpha value is -1.85. The van der Waals surface area contributed by atoms with E-state index in [1.165, 1.54) is 6.33 Å². The summed E-state index contributed by atoms with van der Waals surface area (Å²) in [5.41, 5.74) is 0.431. The van der Waals surface area contributed by atoms with Crippen molar-refractivity contribution in [2.24, 2.45) is 0 Å². The minimum absolute atomic E-state index is 0.144. The van der Waals surface area contributed by atoms with Gasteiger partial charge in [0.15, 0.2) is 0 Å². The second kappa shape index (κ2) is 6.94. The molecule has 2 rings (SSSR count). The van der Waals surface area contributed by atoms with Gasteiger partial charge in [0.25, 0.3) is 0 Å². The number of hydrogen-bond acceptors (Lipinski definition) is 5. The molecule has 0 radical (unpaired) electrons. The van der Waals surface area contributed by atoms with Crippen molar-refractivity contribution in [3.63, 3.8) is 0 Å². The summed E-state index contributed by atoms with van der Waals surface area (Å²) in [7, 11) is 0. The van der Waals surface area contributed by atoms with Gasteiger partial charge >= 0.3 is 6.09 Å². The molecule has 122 valence electrons. The highest BCUT2D eigenvalue weighted by atomic mass is 16.6. The Labute approximate surface area is 131 Å². The molecule has 1 heterocycles. The Kier molecular flexibility index (Phi) is 5.21.